The molecule has 0 unspecified atom stereocenters. The summed E-state index contributed by atoms with van der Waals surface area (Å²) in [4.78, 5) is 4.14. The number of para-hydroxylation sites is 1. The molecule has 0 heterocycles. The van der Waals surface area contributed by atoms with Gasteiger partial charge in [-0.05, 0) is 50.0 Å². The number of nitrogens with zero attached hydrogens (tertiary/aromatic N) is 1. The molecule has 96 valence electrons. The molecule has 1 aliphatic carbocycles. The van der Waals surface area contributed by atoms with E-state index in [0.717, 1.165) is 16.8 Å². The molecule has 1 saturated carbocycles. The molecule has 0 radical (unpaired) electrons. The molecule has 0 saturated heterocycles. The number of anilines is 1. The first-order valence-electron chi connectivity index (χ1n) is 6.04. The molecule has 0 amide bonds. The molecule has 0 aromatic heterocycles. The third kappa shape index (κ3) is 3.43. The minimum absolute atomic E-state index is 0.325. The normalized spacial score (nSPS) is 15.3. The molecule has 5 heteroatoms. The Labute approximate surface area is 113 Å². The summed E-state index contributed by atoms with van der Waals surface area (Å²) >= 11 is 5.11. The van der Waals surface area contributed by atoms with Crippen molar-refractivity contribution in [1.29, 1.82) is 0 Å². The summed E-state index contributed by atoms with van der Waals surface area (Å²) < 4.78 is 0. The molecule has 0 spiro atoms. The van der Waals surface area contributed by atoms with Crippen LogP contribution >= 0.6 is 12.2 Å². The van der Waals surface area contributed by atoms with Gasteiger partial charge in [0.25, 0.3) is 0 Å². The van der Waals surface area contributed by atoms with Crippen molar-refractivity contribution >= 4 is 29.0 Å². The minimum Gasteiger partial charge on any atom is -0.369 e. The molecule has 1 aromatic rings. The van der Waals surface area contributed by atoms with Crippen LogP contribution in [0.5, 0.6) is 0 Å². The Balaban J connectivity index is 2.03. The van der Waals surface area contributed by atoms with Gasteiger partial charge in [-0.25, -0.2) is 0 Å². The van der Waals surface area contributed by atoms with Crippen LogP contribution in [0, 0.1) is 13.8 Å². The van der Waals surface area contributed by atoms with Crippen LogP contribution in [0.15, 0.2) is 23.2 Å². The Bertz CT molecular complexity index is 472. The first kappa shape index (κ1) is 12.8. The highest BCUT2D eigenvalue weighted by Gasteiger charge is 2.21. The lowest BCUT2D eigenvalue weighted by molar-refractivity contribution is 0.913. The highest BCUT2D eigenvalue weighted by molar-refractivity contribution is 7.80. The number of thiocarbonyl (C=S) groups is 1. The van der Waals surface area contributed by atoms with E-state index in [0.29, 0.717) is 17.1 Å². The van der Waals surface area contributed by atoms with Crippen LogP contribution in [0.25, 0.3) is 0 Å². The Hall–Kier alpha value is -1.62. The number of aliphatic imine (C=N–C) groups is 1. The lowest BCUT2D eigenvalue weighted by Gasteiger charge is -2.12. The van der Waals surface area contributed by atoms with Gasteiger partial charge in [-0.3, -0.25) is 0 Å². The van der Waals surface area contributed by atoms with Gasteiger partial charge in [-0.2, -0.15) is 4.99 Å². The summed E-state index contributed by atoms with van der Waals surface area (Å²) in [6.45, 7) is 4.06. The lowest BCUT2D eigenvalue weighted by Crippen LogP contribution is -2.29. The second-order valence-corrected chi connectivity index (χ2v) is 5.00. The van der Waals surface area contributed by atoms with Crippen LogP contribution in [0.2, 0.25) is 0 Å². The fraction of sp³-hybridized carbons (Fsp3) is 0.385. The molecule has 4 nitrogen and oxygen atoms in total. The number of guanidine groups is 1. The molecule has 0 atom stereocenters. The van der Waals surface area contributed by atoms with Crippen molar-refractivity contribution in [2.75, 3.05) is 5.32 Å². The van der Waals surface area contributed by atoms with E-state index in [9.17, 15) is 0 Å². The third-order valence-corrected chi connectivity index (χ3v) is 3.07. The summed E-state index contributed by atoms with van der Waals surface area (Å²) in [6.07, 6.45) is 2.33. The fourth-order valence-electron chi connectivity index (χ4n) is 1.71. The Morgan fingerprint density at radius 3 is 2.50 bits per heavy atom. The summed E-state index contributed by atoms with van der Waals surface area (Å²) in [6, 6.07) is 6.57. The Morgan fingerprint density at radius 1 is 1.33 bits per heavy atom. The average Bonchev–Trinajstić information content (AvgIpc) is 3.07. The van der Waals surface area contributed by atoms with E-state index in [1.54, 1.807) is 0 Å². The van der Waals surface area contributed by atoms with Crippen LogP contribution in [-0.4, -0.2) is 17.1 Å². The standard InChI is InChI=1S/C13H18N4S/c1-8-4-3-5-9(2)11(8)16-12(14)17-13(18)15-10-6-7-10/h3-5,10H,6-7H2,1-2H3,(H4,14,15,16,17,18). The molecular formula is C13H18N4S. The van der Waals surface area contributed by atoms with E-state index in [1.807, 2.05) is 32.0 Å². The number of nitrogens with one attached hydrogen (secondary N) is 2. The van der Waals surface area contributed by atoms with Crippen LogP contribution < -0.4 is 16.4 Å². The SMILES string of the molecule is Cc1cccc(C)c1NC(N)=NC(=S)NC1CC1. The predicted octanol–water partition coefficient (Wildman–Crippen LogP) is 2.07. The largest absolute Gasteiger partial charge is 0.369 e. The second kappa shape index (κ2) is 5.35. The molecule has 1 aromatic carbocycles. The summed E-state index contributed by atoms with van der Waals surface area (Å²) in [5.74, 6) is 0.325. The Morgan fingerprint density at radius 2 is 1.94 bits per heavy atom. The molecular weight excluding hydrogens is 244 g/mol. The van der Waals surface area contributed by atoms with Crippen molar-refractivity contribution < 1.29 is 0 Å². The van der Waals surface area contributed by atoms with E-state index >= 15 is 0 Å². The van der Waals surface area contributed by atoms with Crippen molar-refractivity contribution in [2.24, 2.45) is 10.7 Å². The van der Waals surface area contributed by atoms with E-state index in [1.165, 1.54) is 12.8 Å². The maximum Gasteiger partial charge on any atom is 0.200 e. The smallest absolute Gasteiger partial charge is 0.200 e. The minimum atomic E-state index is 0.325. The van der Waals surface area contributed by atoms with Crippen LogP contribution in [0.3, 0.4) is 0 Å². The number of hydrogen-bond acceptors (Lipinski definition) is 1. The maximum absolute atomic E-state index is 5.85. The van der Waals surface area contributed by atoms with Crippen molar-refractivity contribution in [2.45, 2.75) is 32.7 Å². The Kier molecular flexibility index (Phi) is 3.81. The van der Waals surface area contributed by atoms with E-state index in [-0.39, 0.29) is 0 Å². The number of hydrogen-bond donors (Lipinski definition) is 3. The zero-order valence-corrected chi connectivity index (χ0v) is 11.5. The zero-order valence-electron chi connectivity index (χ0n) is 10.7. The van der Waals surface area contributed by atoms with Gasteiger partial charge in [0.15, 0.2) is 5.11 Å². The first-order chi connectivity index (χ1) is 8.56. The van der Waals surface area contributed by atoms with Crippen LogP contribution in [0.4, 0.5) is 5.69 Å². The molecule has 0 bridgehead atoms. The van der Waals surface area contributed by atoms with E-state index in [2.05, 4.69) is 15.6 Å². The van der Waals surface area contributed by atoms with Gasteiger partial charge in [-0.15, -0.1) is 0 Å². The second-order valence-electron chi connectivity index (χ2n) is 4.61. The molecule has 0 aliphatic heterocycles. The average molecular weight is 262 g/mol. The van der Waals surface area contributed by atoms with Gasteiger partial charge in [0.1, 0.15) is 0 Å². The first-order valence-corrected chi connectivity index (χ1v) is 6.45. The van der Waals surface area contributed by atoms with Gasteiger partial charge in [0.2, 0.25) is 5.96 Å². The quantitative estimate of drug-likeness (QED) is 0.434. The predicted molar refractivity (Wildman–Crippen MR) is 79.9 cm³/mol. The monoisotopic (exact) mass is 262 g/mol. The molecule has 2 rings (SSSR count). The maximum atomic E-state index is 5.85. The fourth-order valence-corrected chi connectivity index (χ4v) is 1.98. The number of nitrogens with two attached hydrogens (primary N) is 1. The lowest BCUT2D eigenvalue weighted by atomic mass is 10.1. The van der Waals surface area contributed by atoms with Crippen LogP contribution in [-0.2, 0) is 0 Å². The van der Waals surface area contributed by atoms with Gasteiger partial charge in [0, 0.05) is 11.7 Å². The van der Waals surface area contributed by atoms with E-state index < -0.39 is 0 Å². The summed E-state index contributed by atoms with van der Waals surface area (Å²) in [5, 5.41) is 6.68. The summed E-state index contributed by atoms with van der Waals surface area (Å²) in [5.41, 5.74) is 9.11. The van der Waals surface area contributed by atoms with Crippen molar-refractivity contribution in [3.8, 4) is 0 Å². The van der Waals surface area contributed by atoms with Gasteiger partial charge < -0.3 is 16.4 Å². The highest BCUT2D eigenvalue weighted by atomic mass is 32.1. The van der Waals surface area contributed by atoms with Crippen molar-refractivity contribution in [3.63, 3.8) is 0 Å². The zero-order chi connectivity index (χ0) is 13.1. The van der Waals surface area contributed by atoms with Crippen molar-refractivity contribution in [3.05, 3.63) is 29.3 Å². The highest BCUT2D eigenvalue weighted by Crippen LogP contribution is 2.19. The van der Waals surface area contributed by atoms with Gasteiger partial charge >= 0.3 is 0 Å². The molecule has 18 heavy (non-hydrogen) atoms. The van der Waals surface area contributed by atoms with Crippen LogP contribution in [0.1, 0.15) is 24.0 Å². The van der Waals surface area contributed by atoms with Gasteiger partial charge in [0.05, 0.1) is 0 Å². The number of rotatable bonds is 2. The molecule has 1 fully saturated rings. The molecule has 4 N–H and O–H groups in total. The third-order valence-electron chi connectivity index (χ3n) is 2.86. The van der Waals surface area contributed by atoms with Gasteiger partial charge in [-0.1, -0.05) is 18.2 Å². The number of benzene rings is 1. The van der Waals surface area contributed by atoms with E-state index in [4.69, 9.17) is 18.0 Å². The van der Waals surface area contributed by atoms with Crippen molar-refractivity contribution in [1.82, 2.24) is 5.32 Å². The topological polar surface area (TPSA) is 62.4 Å². The number of aryl methyl sites for hydroxylation is 2. The molecule has 1 aliphatic rings. The summed E-state index contributed by atoms with van der Waals surface area (Å²) in [7, 11) is 0.